The summed E-state index contributed by atoms with van der Waals surface area (Å²) in [4.78, 5) is 26.1. The molecule has 1 aromatic rings. The van der Waals surface area contributed by atoms with E-state index in [1.807, 2.05) is 0 Å². The van der Waals surface area contributed by atoms with E-state index in [2.05, 4.69) is 17.0 Å². The van der Waals surface area contributed by atoms with E-state index in [0.717, 1.165) is 12.8 Å². The number of nitrogens with one attached hydrogen (secondary N) is 1. The first-order chi connectivity index (χ1) is 7.99. The van der Waals surface area contributed by atoms with Crippen molar-refractivity contribution in [3.05, 3.63) is 20.7 Å². The first-order valence-electron chi connectivity index (χ1n) is 5.58. The fraction of sp³-hybridized carbons (Fsp3) is 0.700. The highest BCUT2D eigenvalue weighted by Gasteiger charge is 2.31. The number of thioether (sulfide) groups is 1. The molecule has 3 N–H and O–H groups in total. The van der Waals surface area contributed by atoms with Crippen LogP contribution in [0.25, 0.3) is 0 Å². The topological polar surface area (TPSA) is 93.8 Å². The third kappa shape index (κ3) is 2.44. The van der Waals surface area contributed by atoms with Gasteiger partial charge in [-0.05, 0) is 18.8 Å². The largest absolute Gasteiger partial charge is 0.339 e. The van der Waals surface area contributed by atoms with Gasteiger partial charge in [-0.2, -0.15) is 4.98 Å². The second-order valence-corrected chi connectivity index (χ2v) is 5.66. The Kier molecular flexibility index (Phi) is 3.39. The normalized spacial score (nSPS) is 28.5. The molecule has 94 valence electrons. The standard InChI is InChI=1S/C10H16N4O2S/c1-5-6(11)3-4-7(5)17-10-12-8(15)9(16)13-14(10)2/h5-7H,3-4,11H2,1-2H3,(H,13,16). The highest BCUT2D eigenvalue weighted by Crippen LogP contribution is 2.36. The van der Waals surface area contributed by atoms with Crippen LogP contribution < -0.4 is 16.9 Å². The van der Waals surface area contributed by atoms with E-state index < -0.39 is 11.1 Å². The Morgan fingerprint density at radius 2 is 2.18 bits per heavy atom. The number of nitrogens with zero attached hydrogens (tertiary/aromatic N) is 2. The Bertz CT molecular complexity index is 524. The molecule has 6 nitrogen and oxygen atoms in total. The smallest absolute Gasteiger partial charge is 0.327 e. The lowest BCUT2D eigenvalue weighted by Gasteiger charge is -2.17. The summed E-state index contributed by atoms with van der Waals surface area (Å²) in [6, 6.07) is 0.215. The van der Waals surface area contributed by atoms with Crippen LogP contribution in [0.2, 0.25) is 0 Å². The zero-order chi connectivity index (χ0) is 12.6. The highest BCUT2D eigenvalue weighted by molar-refractivity contribution is 7.99. The fourth-order valence-corrected chi connectivity index (χ4v) is 3.31. The van der Waals surface area contributed by atoms with Crippen LogP contribution in [-0.4, -0.2) is 26.1 Å². The van der Waals surface area contributed by atoms with Crippen molar-refractivity contribution in [1.29, 1.82) is 0 Å². The van der Waals surface area contributed by atoms with Gasteiger partial charge in [0.25, 0.3) is 0 Å². The predicted octanol–water partition coefficient (Wildman–Crippen LogP) is -0.313. The van der Waals surface area contributed by atoms with Gasteiger partial charge in [0.1, 0.15) is 0 Å². The van der Waals surface area contributed by atoms with Crippen LogP contribution >= 0.6 is 11.8 Å². The third-order valence-corrected chi connectivity index (χ3v) is 4.79. The van der Waals surface area contributed by atoms with Crippen LogP contribution in [-0.2, 0) is 7.05 Å². The van der Waals surface area contributed by atoms with E-state index in [4.69, 9.17) is 5.73 Å². The van der Waals surface area contributed by atoms with Crippen molar-refractivity contribution in [2.24, 2.45) is 18.7 Å². The predicted molar refractivity (Wildman–Crippen MR) is 66.1 cm³/mol. The minimum absolute atomic E-state index is 0.215. The highest BCUT2D eigenvalue weighted by atomic mass is 32.2. The number of nitrogens with two attached hydrogens (primary N) is 1. The molecule has 17 heavy (non-hydrogen) atoms. The Labute approximate surface area is 103 Å². The van der Waals surface area contributed by atoms with Crippen molar-refractivity contribution in [3.8, 4) is 0 Å². The maximum Gasteiger partial charge on any atom is 0.339 e. The average Bonchev–Trinajstić information content (AvgIpc) is 2.58. The van der Waals surface area contributed by atoms with Crippen molar-refractivity contribution in [1.82, 2.24) is 14.8 Å². The SMILES string of the molecule is CC1C(N)CCC1Sc1nc(=O)c(=O)[nH]n1C. The Balaban J connectivity index is 2.22. The molecule has 7 heteroatoms. The molecule has 0 amide bonds. The van der Waals surface area contributed by atoms with E-state index in [9.17, 15) is 9.59 Å². The number of H-pyrrole nitrogens is 1. The molecule has 1 aromatic heterocycles. The molecule has 0 saturated heterocycles. The van der Waals surface area contributed by atoms with Crippen molar-refractivity contribution in [2.75, 3.05) is 0 Å². The minimum Gasteiger partial charge on any atom is -0.327 e. The maximum absolute atomic E-state index is 11.2. The molecule has 0 bridgehead atoms. The quantitative estimate of drug-likeness (QED) is 0.708. The van der Waals surface area contributed by atoms with Gasteiger partial charge < -0.3 is 5.73 Å². The number of hydrogen-bond donors (Lipinski definition) is 2. The molecule has 1 saturated carbocycles. The summed E-state index contributed by atoms with van der Waals surface area (Å²) in [7, 11) is 1.68. The monoisotopic (exact) mass is 256 g/mol. The second kappa shape index (κ2) is 4.66. The van der Waals surface area contributed by atoms with Crippen LogP contribution in [0.15, 0.2) is 14.7 Å². The molecule has 1 fully saturated rings. The van der Waals surface area contributed by atoms with Gasteiger partial charge in [-0.3, -0.25) is 19.4 Å². The maximum atomic E-state index is 11.2. The van der Waals surface area contributed by atoms with Gasteiger partial charge >= 0.3 is 11.1 Å². The molecule has 0 aliphatic heterocycles. The molecule has 2 rings (SSSR count). The number of aromatic nitrogens is 3. The second-order valence-electron chi connectivity index (χ2n) is 4.46. The first-order valence-corrected chi connectivity index (χ1v) is 6.46. The minimum atomic E-state index is -0.736. The lowest BCUT2D eigenvalue weighted by molar-refractivity contribution is 0.531. The summed E-state index contributed by atoms with van der Waals surface area (Å²) in [6.07, 6.45) is 2.01. The van der Waals surface area contributed by atoms with Crippen molar-refractivity contribution in [3.63, 3.8) is 0 Å². The van der Waals surface area contributed by atoms with E-state index in [1.54, 1.807) is 7.05 Å². The number of aromatic amines is 1. The lowest BCUT2D eigenvalue weighted by atomic mass is 10.1. The van der Waals surface area contributed by atoms with Crippen molar-refractivity contribution in [2.45, 2.75) is 36.2 Å². The molecular weight excluding hydrogens is 240 g/mol. The fourth-order valence-electron chi connectivity index (χ4n) is 2.03. The Morgan fingerprint density at radius 1 is 1.47 bits per heavy atom. The average molecular weight is 256 g/mol. The first kappa shape index (κ1) is 12.4. The van der Waals surface area contributed by atoms with Crippen LogP contribution in [0.5, 0.6) is 0 Å². The molecule has 0 spiro atoms. The van der Waals surface area contributed by atoms with E-state index in [1.165, 1.54) is 16.4 Å². The third-order valence-electron chi connectivity index (χ3n) is 3.25. The molecule has 1 heterocycles. The molecular formula is C10H16N4O2S. The Morgan fingerprint density at radius 3 is 2.76 bits per heavy atom. The van der Waals surface area contributed by atoms with E-state index in [-0.39, 0.29) is 6.04 Å². The van der Waals surface area contributed by atoms with Crippen molar-refractivity contribution >= 4 is 11.8 Å². The zero-order valence-corrected chi connectivity index (χ0v) is 10.7. The lowest BCUT2D eigenvalue weighted by Crippen LogP contribution is -2.34. The van der Waals surface area contributed by atoms with Gasteiger partial charge in [-0.1, -0.05) is 18.7 Å². The van der Waals surface area contributed by atoms with Crippen LogP contribution in [0.1, 0.15) is 19.8 Å². The van der Waals surface area contributed by atoms with Crippen molar-refractivity contribution < 1.29 is 0 Å². The summed E-state index contributed by atoms with van der Waals surface area (Å²) in [5, 5.41) is 3.34. The van der Waals surface area contributed by atoms with Gasteiger partial charge in [-0.25, -0.2) is 0 Å². The molecule has 3 atom stereocenters. The Hall–Kier alpha value is -1.08. The summed E-state index contributed by atoms with van der Waals surface area (Å²) in [5.74, 6) is 0.392. The van der Waals surface area contributed by atoms with Gasteiger partial charge in [-0.15, -0.1) is 0 Å². The molecule has 3 unspecified atom stereocenters. The van der Waals surface area contributed by atoms with Crippen LogP contribution in [0, 0.1) is 5.92 Å². The van der Waals surface area contributed by atoms with Gasteiger partial charge in [0.15, 0.2) is 5.16 Å². The van der Waals surface area contributed by atoms with E-state index >= 15 is 0 Å². The van der Waals surface area contributed by atoms with Crippen LogP contribution in [0.4, 0.5) is 0 Å². The zero-order valence-electron chi connectivity index (χ0n) is 9.84. The van der Waals surface area contributed by atoms with Gasteiger partial charge in [0, 0.05) is 18.3 Å². The summed E-state index contributed by atoms with van der Waals surface area (Å²) < 4.78 is 1.49. The van der Waals surface area contributed by atoms with Crippen LogP contribution in [0.3, 0.4) is 0 Å². The molecule has 1 aliphatic carbocycles. The van der Waals surface area contributed by atoms with Gasteiger partial charge in [0.2, 0.25) is 0 Å². The van der Waals surface area contributed by atoms with E-state index in [0.29, 0.717) is 16.3 Å². The molecule has 0 aromatic carbocycles. The molecule has 0 radical (unpaired) electrons. The number of hydrogen-bond acceptors (Lipinski definition) is 5. The summed E-state index contributed by atoms with van der Waals surface area (Å²) in [6.45, 7) is 2.11. The number of aryl methyl sites for hydroxylation is 1. The summed E-state index contributed by atoms with van der Waals surface area (Å²) in [5.41, 5.74) is 4.53. The summed E-state index contributed by atoms with van der Waals surface area (Å²) >= 11 is 1.51. The van der Waals surface area contributed by atoms with Gasteiger partial charge in [0.05, 0.1) is 0 Å². The molecule has 1 aliphatic rings. The number of rotatable bonds is 2.